The van der Waals surface area contributed by atoms with Gasteiger partial charge in [-0.15, -0.1) is 0 Å². The minimum absolute atomic E-state index is 0.138. The molecule has 0 aromatic heterocycles. The average Bonchev–Trinajstić information content (AvgIpc) is 2.00. The van der Waals surface area contributed by atoms with E-state index in [2.05, 4.69) is 10.1 Å². The highest BCUT2D eigenvalue weighted by molar-refractivity contribution is 5.67. The molecule has 3 nitrogen and oxygen atoms in total. The molecule has 0 spiro atoms. The number of amides is 1. The first-order chi connectivity index (χ1) is 5.20. The zero-order valence-corrected chi connectivity index (χ0v) is 7.26. The molecule has 3 heteroatoms. The van der Waals surface area contributed by atoms with Crippen molar-refractivity contribution in [1.82, 2.24) is 5.32 Å². The fourth-order valence-electron chi connectivity index (χ4n) is 0.659. The van der Waals surface area contributed by atoms with Gasteiger partial charge < -0.3 is 10.1 Å². The van der Waals surface area contributed by atoms with Crippen LogP contribution in [0.3, 0.4) is 0 Å². The molecule has 1 N–H and O–H groups in total. The summed E-state index contributed by atoms with van der Waals surface area (Å²) in [6.07, 6.45) is 4.42. The standard InChI is InChI=1S/C8H15NO2/c1-4-5-6-7(2)9-8(10)11-3/h4-5,7H,6H2,1-3H3,(H,9,10)/b5-4+/t7-/m0/s1. The summed E-state index contributed by atoms with van der Waals surface area (Å²) in [5.74, 6) is 0. The second-order valence-electron chi connectivity index (χ2n) is 2.34. The predicted octanol–water partition coefficient (Wildman–Crippen LogP) is 1.70. The van der Waals surface area contributed by atoms with Crippen LogP contribution in [0.15, 0.2) is 12.2 Å². The summed E-state index contributed by atoms with van der Waals surface area (Å²) >= 11 is 0. The van der Waals surface area contributed by atoms with Gasteiger partial charge in [-0.2, -0.15) is 0 Å². The molecule has 0 unspecified atom stereocenters. The van der Waals surface area contributed by atoms with Crippen molar-refractivity contribution in [3.63, 3.8) is 0 Å². The van der Waals surface area contributed by atoms with E-state index in [4.69, 9.17) is 0 Å². The van der Waals surface area contributed by atoms with Gasteiger partial charge in [0.25, 0.3) is 0 Å². The van der Waals surface area contributed by atoms with Gasteiger partial charge in [-0.05, 0) is 20.3 Å². The molecule has 64 valence electrons. The molecule has 0 aliphatic rings. The van der Waals surface area contributed by atoms with Crippen LogP contribution in [0.4, 0.5) is 4.79 Å². The van der Waals surface area contributed by atoms with Crippen molar-refractivity contribution >= 4 is 6.09 Å². The van der Waals surface area contributed by atoms with E-state index in [1.807, 2.05) is 26.0 Å². The summed E-state index contributed by atoms with van der Waals surface area (Å²) in [6.45, 7) is 3.88. The number of carbonyl (C=O) groups excluding carboxylic acids is 1. The van der Waals surface area contributed by atoms with Crippen molar-refractivity contribution in [2.24, 2.45) is 0 Å². The molecule has 0 aliphatic carbocycles. The van der Waals surface area contributed by atoms with Crippen molar-refractivity contribution in [2.75, 3.05) is 7.11 Å². The second-order valence-corrected chi connectivity index (χ2v) is 2.34. The summed E-state index contributed by atoms with van der Waals surface area (Å²) in [6, 6.07) is 0.138. The number of ether oxygens (including phenoxy) is 1. The van der Waals surface area contributed by atoms with E-state index in [-0.39, 0.29) is 12.1 Å². The van der Waals surface area contributed by atoms with Gasteiger partial charge in [0.2, 0.25) is 0 Å². The third kappa shape index (κ3) is 5.45. The maximum atomic E-state index is 10.6. The normalized spacial score (nSPS) is 13.0. The molecular formula is C8H15NO2. The zero-order valence-electron chi connectivity index (χ0n) is 7.26. The van der Waals surface area contributed by atoms with Crippen LogP contribution in [0.1, 0.15) is 20.3 Å². The number of hydrogen-bond donors (Lipinski definition) is 1. The molecule has 0 heterocycles. The van der Waals surface area contributed by atoms with Crippen LogP contribution in [-0.4, -0.2) is 19.2 Å². The van der Waals surface area contributed by atoms with Gasteiger partial charge in [0.05, 0.1) is 7.11 Å². The molecule has 0 aromatic carbocycles. The summed E-state index contributed by atoms with van der Waals surface area (Å²) in [7, 11) is 1.36. The van der Waals surface area contributed by atoms with Crippen LogP contribution in [-0.2, 0) is 4.74 Å². The maximum absolute atomic E-state index is 10.6. The monoisotopic (exact) mass is 157 g/mol. The molecule has 0 saturated carbocycles. The van der Waals surface area contributed by atoms with Crippen molar-refractivity contribution in [2.45, 2.75) is 26.3 Å². The molecule has 0 aliphatic heterocycles. The predicted molar refractivity (Wildman–Crippen MR) is 44.4 cm³/mol. The lowest BCUT2D eigenvalue weighted by atomic mass is 10.2. The van der Waals surface area contributed by atoms with Crippen LogP contribution >= 0.6 is 0 Å². The first-order valence-electron chi connectivity index (χ1n) is 3.66. The summed E-state index contributed by atoms with van der Waals surface area (Å²) in [4.78, 5) is 10.6. The molecule has 11 heavy (non-hydrogen) atoms. The lowest BCUT2D eigenvalue weighted by molar-refractivity contribution is 0.167. The molecule has 0 radical (unpaired) electrons. The number of nitrogens with one attached hydrogen (secondary N) is 1. The Labute approximate surface area is 67.4 Å². The third-order valence-electron chi connectivity index (χ3n) is 1.27. The molecular weight excluding hydrogens is 142 g/mol. The molecule has 0 fully saturated rings. The summed E-state index contributed by atoms with van der Waals surface area (Å²) in [5.41, 5.74) is 0. The molecule has 0 rings (SSSR count). The SMILES string of the molecule is C/C=C/C[C@H](C)NC(=O)OC. The van der Waals surface area contributed by atoms with E-state index >= 15 is 0 Å². The molecule has 0 saturated heterocycles. The maximum Gasteiger partial charge on any atom is 0.407 e. The smallest absolute Gasteiger partial charge is 0.407 e. The van der Waals surface area contributed by atoms with E-state index in [0.29, 0.717) is 0 Å². The number of alkyl carbamates (subject to hydrolysis) is 1. The fourth-order valence-corrected chi connectivity index (χ4v) is 0.659. The lowest BCUT2D eigenvalue weighted by Crippen LogP contribution is -2.31. The van der Waals surface area contributed by atoms with Gasteiger partial charge in [0, 0.05) is 6.04 Å². The lowest BCUT2D eigenvalue weighted by Gasteiger charge is -2.09. The second kappa shape index (κ2) is 5.77. The van der Waals surface area contributed by atoms with Crippen LogP contribution in [0.5, 0.6) is 0 Å². The Morgan fingerprint density at radius 2 is 2.36 bits per heavy atom. The van der Waals surface area contributed by atoms with Crippen molar-refractivity contribution in [1.29, 1.82) is 0 Å². The summed E-state index contributed by atoms with van der Waals surface area (Å²) in [5, 5.41) is 2.65. The fraction of sp³-hybridized carbons (Fsp3) is 0.625. The largest absolute Gasteiger partial charge is 0.453 e. The van der Waals surface area contributed by atoms with Crippen LogP contribution in [0, 0.1) is 0 Å². The first-order valence-corrected chi connectivity index (χ1v) is 3.66. The molecule has 1 atom stereocenters. The number of methoxy groups -OCH3 is 1. The Morgan fingerprint density at radius 1 is 1.73 bits per heavy atom. The number of carbonyl (C=O) groups is 1. The van der Waals surface area contributed by atoms with Crippen LogP contribution in [0.25, 0.3) is 0 Å². The number of rotatable bonds is 3. The topological polar surface area (TPSA) is 38.3 Å². The Balaban J connectivity index is 3.51. The quantitative estimate of drug-likeness (QED) is 0.633. The highest BCUT2D eigenvalue weighted by Gasteiger charge is 2.03. The van der Waals surface area contributed by atoms with Crippen molar-refractivity contribution in [3.05, 3.63) is 12.2 Å². The van der Waals surface area contributed by atoms with Gasteiger partial charge >= 0.3 is 6.09 Å². The molecule has 1 amide bonds. The van der Waals surface area contributed by atoms with Crippen LogP contribution in [0.2, 0.25) is 0 Å². The van der Waals surface area contributed by atoms with Gasteiger partial charge in [-0.25, -0.2) is 4.79 Å². The average molecular weight is 157 g/mol. The molecule has 0 aromatic rings. The zero-order chi connectivity index (χ0) is 8.69. The van der Waals surface area contributed by atoms with E-state index in [0.717, 1.165) is 6.42 Å². The third-order valence-corrected chi connectivity index (χ3v) is 1.27. The Hall–Kier alpha value is -0.990. The van der Waals surface area contributed by atoms with Crippen molar-refractivity contribution in [3.8, 4) is 0 Å². The van der Waals surface area contributed by atoms with E-state index in [1.165, 1.54) is 7.11 Å². The van der Waals surface area contributed by atoms with Gasteiger partial charge in [0.15, 0.2) is 0 Å². The summed E-state index contributed by atoms with van der Waals surface area (Å²) < 4.78 is 4.43. The highest BCUT2D eigenvalue weighted by Crippen LogP contribution is 1.92. The highest BCUT2D eigenvalue weighted by atomic mass is 16.5. The van der Waals surface area contributed by atoms with Crippen LogP contribution < -0.4 is 5.32 Å². The number of hydrogen-bond acceptors (Lipinski definition) is 2. The van der Waals surface area contributed by atoms with E-state index in [1.54, 1.807) is 0 Å². The van der Waals surface area contributed by atoms with E-state index in [9.17, 15) is 4.79 Å². The van der Waals surface area contributed by atoms with Gasteiger partial charge in [0.1, 0.15) is 0 Å². The Bertz CT molecular complexity index is 143. The van der Waals surface area contributed by atoms with Gasteiger partial charge in [-0.1, -0.05) is 12.2 Å². The van der Waals surface area contributed by atoms with E-state index < -0.39 is 0 Å². The van der Waals surface area contributed by atoms with Crippen molar-refractivity contribution < 1.29 is 9.53 Å². The minimum atomic E-state index is -0.373. The minimum Gasteiger partial charge on any atom is -0.453 e. The Kier molecular flexibility index (Phi) is 5.25. The first kappa shape index (κ1) is 10.0. The van der Waals surface area contributed by atoms with Gasteiger partial charge in [-0.3, -0.25) is 0 Å². The molecule has 0 bridgehead atoms. The number of allylic oxidation sites excluding steroid dienone is 1. The Morgan fingerprint density at radius 3 is 2.82 bits per heavy atom.